The summed E-state index contributed by atoms with van der Waals surface area (Å²) in [7, 11) is 0. The number of carbonyl (C=O) groups excluding carboxylic acids is 1. The molecule has 4 aromatic rings. The number of amides is 1. The van der Waals surface area contributed by atoms with Gasteiger partial charge in [0.25, 0.3) is 0 Å². The summed E-state index contributed by atoms with van der Waals surface area (Å²) in [6.45, 7) is 2.67. The molecule has 3 aromatic heterocycles. The molecule has 1 aliphatic rings. The van der Waals surface area contributed by atoms with Crippen molar-refractivity contribution < 1.29 is 9.21 Å². The smallest absolute Gasteiger partial charge is 0.229 e. The zero-order valence-electron chi connectivity index (χ0n) is 15.5. The number of carbonyl (C=O) groups is 1. The molecule has 4 heterocycles. The Morgan fingerprint density at radius 2 is 2.18 bits per heavy atom. The van der Waals surface area contributed by atoms with Crippen molar-refractivity contribution in [1.29, 1.82) is 0 Å². The number of imidazole rings is 1. The molecule has 1 aliphatic heterocycles. The number of hydrogen-bond acceptors (Lipinski definition) is 5. The van der Waals surface area contributed by atoms with Crippen LogP contribution in [0.1, 0.15) is 36.2 Å². The van der Waals surface area contributed by atoms with Gasteiger partial charge in [-0.15, -0.1) is 11.3 Å². The molecular weight excluding hydrogens is 372 g/mol. The third-order valence-electron chi connectivity index (χ3n) is 5.13. The van der Waals surface area contributed by atoms with Gasteiger partial charge in [-0.1, -0.05) is 12.1 Å². The van der Waals surface area contributed by atoms with Gasteiger partial charge in [0.05, 0.1) is 29.2 Å². The van der Waals surface area contributed by atoms with Crippen LogP contribution in [0.15, 0.2) is 46.2 Å². The standard InChI is InChI=1S/C21H20N4O2S/c1-13-8-9-18(27-13)21-22-14(12-28-21)11-19(26)25-10-4-7-17(25)20-23-15-5-2-3-6-16(15)24-20/h2-3,5-6,8-9,12,17H,4,7,10-11H2,1H3,(H,23,24). The van der Waals surface area contributed by atoms with Gasteiger partial charge in [0.2, 0.25) is 5.91 Å². The van der Waals surface area contributed by atoms with E-state index in [0.717, 1.165) is 58.5 Å². The van der Waals surface area contributed by atoms with Gasteiger partial charge in [-0.3, -0.25) is 4.79 Å². The molecule has 1 unspecified atom stereocenters. The highest BCUT2D eigenvalue weighted by molar-refractivity contribution is 7.13. The van der Waals surface area contributed by atoms with E-state index >= 15 is 0 Å². The summed E-state index contributed by atoms with van der Waals surface area (Å²) in [6.07, 6.45) is 2.22. The fourth-order valence-corrected chi connectivity index (χ4v) is 4.57. The van der Waals surface area contributed by atoms with E-state index in [-0.39, 0.29) is 11.9 Å². The lowest BCUT2D eigenvalue weighted by Gasteiger charge is -2.22. The molecule has 0 saturated carbocycles. The van der Waals surface area contributed by atoms with Crippen LogP contribution >= 0.6 is 11.3 Å². The van der Waals surface area contributed by atoms with Crippen molar-refractivity contribution in [2.75, 3.05) is 6.54 Å². The number of rotatable bonds is 4. The minimum Gasteiger partial charge on any atom is -0.459 e. The Hall–Kier alpha value is -2.93. The third kappa shape index (κ3) is 3.11. The van der Waals surface area contributed by atoms with E-state index in [1.54, 1.807) is 0 Å². The van der Waals surface area contributed by atoms with Gasteiger partial charge in [-0.2, -0.15) is 0 Å². The second kappa shape index (κ2) is 6.91. The topological polar surface area (TPSA) is 75.0 Å². The van der Waals surface area contributed by atoms with Crippen LogP contribution in [0.25, 0.3) is 21.8 Å². The van der Waals surface area contributed by atoms with Crippen LogP contribution in [0.2, 0.25) is 0 Å². The summed E-state index contributed by atoms with van der Waals surface area (Å²) in [4.78, 5) is 27.6. The van der Waals surface area contributed by atoms with Gasteiger partial charge in [0.15, 0.2) is 10.8 Å². The van der Waals surface area contributed by atoms with Crippen molar-refractivity contribution in [1.82, 2.24) is 19.9 Å². The first-order valence-electron chi connectivity index (χ1n) is 9.43. The number of aromatic amines is 1. The Labute approximate surface area is 166 Å². The summed E-state index contributed by atoms with van der Waals surface area (Å²) in [5.74, 6) is 2.57. The predicted molar refractivity (Wildman–Crippen MR) is 108 cm³/mol. The largest absolute Gasteiger partial charge is 0.459 e. The molecule has 1 aromatic carbocycles. The minimum absolute atomic E-state index is 0.00531. The van der Waals surface area contributed by atoms with Crippen LogP contribution in [0.3, 0.4) is 0 Å². The lowest BCUT2D eigenvalue weighted by Crippen LogP contribution is -2.32. The zero-order valence-corrected chi connectivity index (χ0v) is 16.3. The number of para-hydroxylation sites is 2. The van der Waals surface area contributed by atoms with Gasteiger partial charge in [0, 0.05) is 11.9 Å². The molecule has 5 rings (SSSR count). The number of fused-ring (bicyclic) bond motifs is 1. The molecule has 0 spiro atoms. The highest BCUT2D eigenvalue weighted by atomic mass is 32.1. The Morgan fingerprint density at radius 3 is 3.00 bits per heavy atom. The lowest BCUT2D eigenvalue weighted by atomic mass is 10.2. The fourth-order valence-electron chi connectivity index (χ4n) is 3.79. The number of nitrogens with zero attached hydrogens (tertiary/aromatic N) is 3. The number of likely N-dealkylation sites (tertiary alicyclic amines) is 1. The fraction of sp³-hybridized carbons (Fsp3) is 0.286. The first-order chi connectivity index (χ1) is 13.7. The van der Waals surface area contributed by atoms with Crippen LogP contribution < -0.4 is 0 Å². The average Bonchev–Trinajstić information content (AvgIpc) is 3.46. The second-order valence-electron chi connectivity index (χ2n) is 7.12. The number of aryl methyl sites for hydroxylation is 1. The van der Waals surface area contributed by atoms with Gasteiger partial charge in [0.1, 0.15) is 11.6 Å². The van der Waals surface area contributed by atoms with E-state index in [0.29, 0.717) is 6.42 Å². The van der Waals surface area contributed by atoms with Crippen molar-refractivity contribution >= 4 is 28.3 Å². The van der Waals surface area contributed by atoms with Crippen molar-refractivity contribution in [2.24, 2.45) is 0 Å². The van der Waals surface area contributed by atoms with E-state index in [4.69, 9.17) is 9.40 Å². The monoisotopic (exact) mass is 392 g/mol. The molecule has 0 aliphatic carbocycles. The molecule has 7 heteroatoms. The van der Waals surface area contributed by atoms with Crippen LogP contribution in [0.4, 0.5) is 0 Å². The Kier molecular flexibility index (Phi) is 4.24. The summed E-state index contributed by atoms with van der Waals surface area (Å²) in [5, 5.41) is 2.75. The molecule has 1 fully saturated rings. The van der Waals surface area contributed by atoms with Crippen molar-refractivity contribution in [2.45, 2.75) is 32.2 Å². The maximum atomic E-state index is 13.0. The molecule has 142 valence electrons. The number of thiazole rings is 1. The minimum atomic E-state index is 0.00531. The number of hydrogen-bond donors (Lipinski definition) is 1. The normalized spacial score (nSPS) is 16.9. The molecule has 0 radical (unpaired) electrons. The van der Waals surface area contributed by atoms with Crippen molar-refractivity contribution in [3.8, 4) is 10.8 Å². The average molecular weight is 392 g/mol. The van der Waals surface area contributed by atoms with Crippen LogP contribution in [-0.4, -0.2) is 32.3 Å². The Bertz CT molecular complexity index is 1110. The van der Waals surface area contributed by atoms with Crippen molar-refractivity contribution in [3.05, 3.63) is 59.1 Å². The molecule has 1 saturated heterocycles. The van der Waals surface area contributed by atoms with E-state index in [9.17, 15) is 4.79 Å². The van der Waals surface area contributed by atoms with Crippen molar-refractivity contribution in [3.63, 3.8) is 0 Å². The van der Waals surface area contributed by atoms with Gasteiger partial charge in [-0.25, -0.2) is 9.97 Å². The predicted octanol–water partition coefficient (Wildman–Crippen LogP) is 4.49. The zero-order chi connectivity index (χ0) is 19.1. The first kappa shape index (κ1) is 17.2. The lowest BCUT2D eigenvalue weighted by molar-refractivity contribution is -0.131. The highest BCUT2D eigenvalue weighted by Gasteiger charge is 2.32. The highest BCUT2D eigenvalue weighted by Crippen LogP contribution is 2.32. The summed E-state index contributed by atoms with van der Waals surface area (Å²) in [5.41, 5.74) is 2.73. The van der Waals surface area contributed by atoms with Gasteiger partial charge in [-0.05, 0) is 44.0 Å². The summed E-state index contributed by atoms with van der Waals surface area (Å²) < 4.78 is 5.63. The Balaban J connectivity index is 1.33. The van der Waals surface area contributed by atoms with Crippen LogP contribution in [0, 0.1) is 6.92 Å². The Morgan fingerprint density at radius 1 is 1.29 bits per heavy atom. The quantitative estimate of drug-likeness (QED) is 0.555. The van der Waals surface area contributed by atoms with Gasteiger partial charge < -0.3 is 14.3 Å². The number of H-pyrrole nitrogens is 1. The number of furan rings is 1. The molecule has 1 atom stereocenters. The van der Waals surface area contributed by atoms with Gasteiger partial charge >= 0.3 is 0 Å². The summed E-state index contributed by atoms with van der Waals surface area (Å²) >= 11 is 1.51. The molecule has 0 bridgehead atoms. The second-order valence-corrected chi connectivity index (χ2v) is 7.97. The number of aromatic nitrogens is 3. The SMILES string of the molecule is Cc1ccc(-c2nc(CC(=O)N3CCCC3c3nc4ccccc4[nH]3)cs2)o1. The van der Waals surface area contributed by atoms with E-state index in [2.05, 4.69) is 9.97 Å². The third-order valence-corrected chi connectivity index (χ3v) is 6.04. The number of nitrogens with one attached hydrogen (secondary N) is 1. The van der Waals surface area contributed by atoms with E-state index < -0.39 is 0 Å². The van der Waals surface area contributed by atoms with E-state index in [1.807, 2.05) is 53.6 Å². The van der Waals surface area contributed by atoms with Crippen LogP contribution in [-0.2, 0) is 11.2 Å². The van der Waals surface area contributed by atoms with E-state index in [1.165, 1.54) is 11.3 Å². The maximum absolute atomic E-state index is 13.0. The number of benzene rings is 1. The molecule has 6 nitrogen and oxygen atoms in total. The molecular formula is C21H20N4O2S. The first-order valence-corrected chi connectivity index (χ1v) is 10.3. The summed E-state index contributed by atoms with van der Waals surface area (Å²) in [6, 6.07) is 11.8. The molecule has 1 N–H and O–H groups in total. The molecule has 28 heavy (non-hydrogen) atoms. The molecule has 1 amide bonds. The maximum Gasteiger partial charge on any atom is 0.229 e. The van der Waals surface area contributed by atoms with Crippen LogP contribution in [0.5, 0.6) is 0 Å².